The fraction of sp³-hybridized carbons (Fsp3) is 0.345. The molecule has 0 atom stereocenters. The quantitative estimate of drug-likeness (QED) is 0.330. The van der Waals surface area contributed by atoms with E-state index in [-0.39, 0.29) is 17.1 Å². The minimum Gasteiger partial charge on any atom is -0.339 e. The lowest BCUT2D eigenvalue weighted by Gasteiger charge is -2.41. The van der Waals surface area contributed by atoms with E-state index in [9.17, 15) is 22.9 Å². The van der Waals surface area contributed by atoms with Crippen LogP contribution in [0.5, 0.6) is 0 Å². The Morgan fingerprint density at radius 2 is 1.88 bits per heavy atom. The summed E-state index contributed by atoms with van der Waals surface area (Å²) in [5.41, 5.74) is 2.49. The van der Waals surface area contributed by atoms with Crippen LogP contribution in [0, 0.1) is 24.1 Å². The molecule has 10 nitrogen and oxygen atoms in total. The molecule has 0 bridgehead atoms. The minimum atomic E-state index is -3.56. The van der Waals surface area contributed by atoms with Crippen molar-refractivity contribution in [2.75, 3.05) is 32.5 Å². The van der Waals surface area contributed by atoms with Crippen LogP contribution in [-0.4, -0.2) is 61.0 Å². The molecule has 2 aromatic carbocycles. The lowest BCUT2D eigenvalue weighted by atomic mass is 9.84. The average molecular weight is 580 g/mol. The Balaban J connectivity index is 1.63. The van der Waals surface area contributed by atoms with Gasteiger partial charge in [0, 0.05) is 51.2 Å². The molecule has 0 spiro atoms. The Kier molecular flexibility index (Phi) is 9.22. The fourth-order valence-corrected chi connectivity index (χ4v) is 5.94. The van der Waals surface area contributed by atoms with Gasteiger partial charge in [-0.25, -0.2) is 17.1 Å². The molecule has 0 saturated carbocycles. The number of amides is 1. The largest absolute Gasteiger partial charge is 0.339 e. The zero-order chi connectivity index (χ0) is 29.6. The SMILES string of the molecule is Cc1c(Nc2ccc(S(=O)(=O)N(C)C)cc2)nn(C2(CC#N)CCN(Cc3cccc(F)c3)CC2)c1/C=C\NC=O. The highest BCUT2D eigenvalue weighted by molar-refractivity contribution is 7.89. The van der Waals surface area contributed by atoms with Crippen molar-refractivity contribution >= 4 is 34.0 Å². The van der Waals surface area contributed by atoms with E-state index in [1.54, 1.807) is 24.3 Å². The molecule has 1 aliphatic rings. The number of nitrogens with zero attached hydrogens (tertiary/aromatic N) is 5. The molecule has 1 aliphatic heterocycles. The van der Waals surface area contributed by atoms with E-state index in [0.29, 0.717) is 50.4 Å². The summed E-state index contributed by atoms with van der Waals surface area (Å²) < 4.78 is 41.6. The monoisotopic (exact) mass is 579 g/mol. The summed E-state index contributed by atoms with van der Waals surface area (Å²) in [4.78, 5) is 13.3. The molecular weight excluding hydrogens is 545 g/mol. The molecular formula is C29H34FN7O3S. The van der Waals surface area contributed by atoms with Crippen LogP contribution in [-0.2, 0) is 26.9 Å². The molecule has 3 aromatic rings. The third kappa shape index (κ3) is 6.65. The Bertz CT molecular complexity index is 1550. The van der Waals surface area contributed by atoms with E-state index in [4.69, 9.17) is 5.10 Å². The van der Waals surface area contributed by atoms with Gasteiger partial charge in [-0.05, 0) is 67.8 Å². The first-order valence-electron chi connectivity index (χ1n) is 13.2. The molecule has 1 aromatic heterocycles. The first-order valence-corrected chi connectivity index (χ1v) is 14.6. The number of benzene rings is 2. The topological polar surface area (TPSA) is 123 Å². The van der Waals surface area contributed by atoms with Crippen molar-refractivity contribution in [2.45, 2.75) is 43.2 Å². The molecule has 1 saturated heterocycles. The van der Waals surface area contributed by atoms with Gasteiger partial charge in [0.05, 0.1) is 28.6 Å². The Hall–Kier alpha value is -4.05. The second-order valence-electron chi connectivity index (χ2n) is 10.3. The summed E-state index contributed by atoms with van der Waals surface area (Å²) in [6.45, 7) is 3.90. The van der Waals surface area contributed by atoms with Gasteiger partial charge in [0.25, 0.3) is 0 Å². The summed E-state index contributed by atoms with van der Waals surface area (Å²) in [6.07, 6.45) is 5.39. The van der Waals surface area contributed by atoms with Crippen LogP contribution in [0.1, 0.15) is 36.1 Å². The molecule has 1 amide bonds. The number of piperidine rings is 1. The second-order valence-corrected chi connectivity index (χ2v) is 12.4. The third-order valence-electron chi connectivity index (χ3n) is 7.41. The number of carbonyl (C=O) groups excluding carboxylic acids is 1. The highest BCUT2D eigenvalue weighted by Gasteiger charge is 2.39. The highest BCUT2D eigenvalue weighted by atomic mass is 32.2. The number of nitriles is 1. The molecule has 12 heteroatoms. The van der Waals surface area contributed by atoms with Gasteiger partial charge in [-0.1, -0.05) is 12.1 Å². The summed E-state index contributed by atoms with van der Waals surface area (Å²) >= 11 is 0. The first kappa shape index (κ1) is 29.9. The van der Waals surface area contributed by atoms with Crippen LogP contribution < -0.4 is 10.6 Å². The van der Waals surface area contributed by atoms with Gasteiger partial charge in [0.1, 0.15) is 5.82 Å². The Morgan fingerprint density at radius 3 is 2.49 bits per heavy atom. The summed E-state index contributed by atoms with van der Waals surface area (Å²) in [6, 6.07) is 15.3. The molecule has 0 radical (unpaired) electrons. The van der Waals surface area contributed by atoms with Crippen molar-refractivity contribution in [3.8, 4) is 6.07 Å². The van der Waals surface area contributed by atoms with Gasteiger partial charge in [-0.2, -0.15) is 10.4 Å². The average Bonchev–Trinajstić information content (AvgIpc) is 3.25. The van der Waals surface area contributed by atoms with Gasteiger partial charge < -0.3 is 10.6 Å². The van der Waals surface area contributed by atoms with Crippen LogP contribution in [0.3, 0.4) is 0 Å². The lowest BCUT2D eigenvalue weighted by Crippen LogP contribution is -2.46. The maximum atomic E-state index is 13.7. The number of carbonyl (C=O) groups is 1. The number of halogens is 1. The molecule has 41 heavy (non-hydrogen) atoms. The van der Waals surface area contributed by atoms with Crippen molar-refractivity contribution in [1.82, 2.24) is 24.3 Å². The number of sulfonamides is 1. The van der Waals surface area contributed by atoms with Gasteiger partial charge in [0.15, 0.2) is 5.82 Å². The Labute approximate surface area is 240 Å². The molecule has 0 aliphatic carbocycles. The number of anilines is 2. The minimum absolute atomic E-state index is 0.178. The second kappa shape index (κ2) is 12.6. The van der Waals surface area contributed by atoms with Crippen molar-refractivity contribution in [1.29, 1.82) is 5.26 Å². The van der Waals surface area contributed by atoms with Crippen molar-refractivity contribution in [3.05, 3.63) is 77.4 Å². The summed E-state index contributed by atoms with van der Waals surface area (Å²) in [5, 5.41) is 20.6. The normalized spacial score (nSPS) is 15.6. The molecule has 2 N–H and O–H groups in total. The van der Waals surface area contributed by atoms with Gasteiger partial charge in [-0.15, -0.1) is 0 Å². The van der Waals surface area contributed by atoms with Crippen molar-refractivity contribution in [3.63, 3.8) is 0 Å². The number of aromatic nitrogens is 2. The van der Waals surface area contributed by atoms with Crippen LogP contribution in [0.15, 0.2) is 59.6 Å². The van der Waals surface area contributed by atoms with Gasteiger partial charge in [0.2, 0.25) is 16.4 Å². The van der Waals surface area contributed by atoms with E-state index in [2.05, 4.69) is 21.6 Å². The highest BCUT2D eigenvalue weighted by Crippen LogP contribution is 2.38. The van der Waals surface area contributed by atoms with Gasteiger partial charge >= 0.3 is 0 Å². The first-order chi connectivity index (χ1) is 19.6. The van der Waals surface area contributed by atoms with E-state index < -0.39 is 15.6 Å². The number of rotatable bonds is 11. The predicted molar refractivity (Wildman–Crippen MR) is 155 cm³/mol. The van der Waals surface area contributed by atoms with E-state index in [0.717, 1.165) is 21.1 Å². The number of hydrogen-bond acceptors (Lipinski definition) is 7. The standard InChI is InChI=1S/C29H34FN7O3S/c1-22-27(11-16-32-21-38)37(34-28(22)33-25-7-9-26(10-8-25)41(39,40)35(2)3)29(12-15-31)13-17-36(18-14-29)20-23-5-4-6-24(30)19-23/h4-11,16,19,21H,12-14,17-18,20H2,1-3H3,(H,32,38)(H,33,34)/b16-11-. The molecule has 216 valence electrons. The maximum absolute atomic E-state index is 13.7. The van der Waals surface area contributed by atoms with E-state index in [1.807, 2.05) is 17.7 Å². The fourth-order valence-electron chi connectivity index (χ4n) is 5.04. The predicted octanol–water partition coefficient (Wildman–Crippen LogP) is 3.95. The maximum Gasteiger partial charge on any atom is 0.242 e. The van der Waals surface area contributed by atoms with Crippen LogP contribution in [0.25, 0.3) is 6.08 Å². The molecule has 1 fully saturated rings. The number of likely N-dealkylation sites (tertiary alicyclic amines) is 1. The lowest BCUT2D eigenvalue weighted by molar-refractivity contribution is -0.108. The summed E-state index contributed by atoms with van der Waals surface area (Å²) in [5.74, 6) is 0.290. The zero-order valence-electron chi connectivity index (χ0n) is 23.3. The van der Waals surface area contributed by atoms with Crippen LogP contribution >= 0.6 is 0 Å². The molecule has 4 rings (SSSR count). The Morgan fingerprint density at radius 1 is 1.17 bits per heavy atom. The smallest absolute Gasteiger partial charge is 0.242 e. The zero-order valence-corrected chi connectivity index (χ0v) is 24.2. The van der Waals surface area contributed by atoms with Crippen molar-refractivity contribution in [2.24, 2.45) is 0 Å². The van der Waals surface area contributed by atoms with E-state index in [1.165, 1.54) is 44.6 Å². The summed E-state index contributed by atoms with van der Waals surface area (Å²) in [7, 11) is -0.595. The van der Waals surface area contributed by atoms with Crippen LogP contribution in [0.4, 0.5) is 15.9 Å². The van der Waals surface area contributed by atoms with E-state index >= 15 is 0 Å². The van der Waals surface area contributed by atoms with Gasteiger partial charge in [-0.3, -0.25) is 14.4 Å². The molecule has 2 heterocycles. The van der Waals surface area contributed by atoms with Crippen LogP contribution in [0.2, 0.25) is 0 Å². The number of nitrogens with one attached hydrogen (secondary N) is 2. The third-order valence-corrected chi connectivity index (χ3v) is 9.24. The number of hydrogen-bond donors (Lipinski definition) is 2. The molecule has 0 unspecified atom stereocenters. The van der Waals surface area contributed by atoms with Crippen molar-refractivity contribution < 1.29 is 17.6 Å².